The average molecular weight is 665 g/mol. The maximum absolute atomic E-state index is 14.9. The number of ether oxygens (including phenoxy) is 1. The Balaban J connectivity index is 0.00000255. The number of hydrogen-bond donors (Lipinski definition) is 4. The van der Waals surface area contributed by atoms with E-state index < -0.39 is 29.0 Å². The molecule has 3 heterocycles. The highest BCUT2D eigenvalue weighted by Gasteiger charge is 2.30. The number of nitrogens with one attached hydrogen (secondary N) is 3. The van der Waals surface area contributed by atoms with Crippen molar-refractivity contribution in [2.24, 2.45) is 0 Å². The molecule has 256 valence electrons. The number of fused-ring (bicyclic) bond motifs is 1. The minimum absolute atomic E-state index is 0.0645. The molecule has 4 aromatic rings. The maximum atomic E-state index is 14.9. The first-order chi connectivity index (χ1) is 22.7. The number of hydrogen-bond acceptors (Lipinski definition) is 7. The number of morpholine rings is 1. The Morgan fingerprint density at radius 2 is 1.69 bits per heavy atom. The Hall–Kier alpha value is -4.72. The summed E-state index contributed by atoms with van der Waals surface area (Å²) in [5, 5.41) is 15.1. The third kappa shape index (κ3) is 8.59. The van der Waals surface area contributed by atoms with E-state index in [0.29, 0.717) is 43.1 Å². The molecule has 11 nitrogen and oxygen atoms in total. The summed E-state index contributed by atoms with van der Waals surface area (Å²) >= 11 is 0. The van der Waals surface area contributed by atoms with Crippen molar-refractivity contribution in [1.29, 1.82) is 0 Å². The smallest absolute Gasteiger partial charge is 0.274 e. The van der Waals surface area contributed by atoms with Crippen LogP contribution in [0.2, 0.25) is 0 Å². The van der Waals surface area contributed by atoms with Crippen LogP contribution < -0.4 is 16.0 Å². The Morgan fingerprint density at radius 3 is 2.38 bits per heavy atom. The van der Waals surface area contributed by atoms with Gasteiger partial charge in [-0.3, -0.25) is 23.7 Å². The number of nitrogens with zero attached hydrogens (tertiary/aromatic N) is 3. The van der Waals surface area contributed by atoms with Crippen LogP contribution >= 0.6 is 0 Å². The molecule has 0 aliphatic carbocycles. The SMILES string of the molecule is CC(C)(C)NC(=O)c1ccc(-c2ccn3c(C(=O)Nc4cc(C(=O)NCCN5CCOCC5(C)C)ccc4F)cnc3c2)cc1F.CO. The summed E-state index contributed by atoms with van der Waals surface area (Å²) in [7, 11) is 1.00. The first kappa shape index (κ1) is 36.1. The Morgan fingerprint density at radius 1 is 0.958 bits per heavy atom. The number of imidazole rings is 1. The molecule has 1 aliphatic heterocycles. The van der Waals surface area contributed by atoms with Crippen molar-refractivity contribution >= 4 is 29.1 Å². The number of benzene rings is 2. The third-order valence-electron chi connectivity index (χ3n) is 7.74. The van der Waals surface area contributed by atoms with Crippen LogP contribution in [0.1, 0.15) is 65.8 Å². The van der Waals surface area contributed by atoms with E-state index in [1.54, 1.807) is 24.4 Å². The minimum Gasteiger partial charge on any atom is -0.400 e. The van der Waals surface area contributed by atoms with E-state index >= 15 is 0 Å². The van der Waals surface area contributed by atoms with Crippen LogP contribution in [0.25, 0.3) is 16.8 Å². The van der Waals surface area contributed by atoms with Gasteiger partial charge in [-0.05, 0) is 88.2 Å². The van der Waals surface area contributed by atoms with Crippen LogP contribution in [0.15, 0.2) is 60.9 Å². The Bertz CT molecular complexity index is 1800. The summed E-state index contributed by atoms with van der Waals surface area (Å²) < 4.78 is 36.6. The second-order valence-corrected chi connectivity index (χ2v) is 12.9. The first-order valence-electron chi connectivity index (χ1n) is 15.5. The molecule has 0 bridgehead atoms. The van der Waals surface area contributed by atoms with Crippen LogP contribution in [-0.4, -0.2) is 88.1 Å². The van der Waals surface area contributed by atoms with Gasteiger partial charge < -0.3 is 25.8 Å². The molecule has 48 heavy (non-hydrogen) atoms. The van der Waals surface area contributed by atoms with Gasteiger partial charge in [-0.2, -0.15) is 0 Å². The Kier molecular flexibility index (Phi) is 11.3. The number of carbonyl (C=O) groups excluding carboxylic acids is 3. The zero-order valence-electron chi connectivity index (χ0n) is 28.0. The van der Waals surface area contributed by atoms with Crippen molar-refractivity contribution in [1.82, 2.24) is 24.9 Å². The number of carbonyl (C=O) groups is 3. The largest absolute Gasteiger partial charge is 0.400 e. The summed E-state index contributed by atoms with van der Waals surface area (Å²) in [6.07, 6.45) is 2.94. The standard InChI is InChI=1S/C34H38F2N6O4.CH4O/c1-33(2,3)40-31(44)24-8-6-21(16-26(24)36)22-10-12-42-28(19-38-29(42)18-22)32(45)39-27-17-23(7-9-25(27)35)30(43)37-11-13-41-14-15-46-20-34(41,4)5;1-2/h6-10,12,16-19H,11,13-15,20H2,1-5H3,(H,37,43)(H,39,45)(H,40,44);2H,1H3. The van der Waals surface area contributed by atoms with E-state index in [0.717, 1.165) is 19.7 Å². The van der Waals surface area contributed by atoms with Gasteiger partial charge in [-0.25, -0.2) is 13.8 Å². The first-order valence-corrected chi connectivity index (χ1v) is 15.5. The molecule has 1 saturated heterocycles. The summed E-state index contributed by atoms with van der Waals surface area (Å²) in [4.78, 5) is 45.0. The van der Waals surface area contributed by atoms with Gasteiger partial charge in [0.1, 0.15) is 23.0 Å². The highest BCUT2D eigenvalue weighted by atomic mass is 19.1. The van der Waals surface area contributed by atoms with Gasteiger partial charge in [0.15, 0.2) is 0 Å². The van der Waals surface area contributed by atoms with Gasteiger partial charge in [0, 0.05) is 49.6 Å². The summed E-state index contributed by atoms with van der Waals surface area (Å²) in [5.74, 6) is -2.89. The number of aliphatic hydroxyl groups is 1. The number of pyridine rings is 1. The van der Waals surface area contributed by atoms with E-state index in [1.807, 2.05) is 20.8 Å². The van der Waals surface area contributed by atoms with Crippen LogP contribution in [0, 0.1) is 11.6 Å². The number of halogens is 2. The third-order valence-corrected chi connectivity index (χ3v) is 7.74. The van der Waals surface area contributed by atoms with Crippen LogP contribution in [0.4, 0.5) is 14.5 Å². The van der Waals surface area contributed by atoms with Crippen molar-refractivity contribution in [2.75, 3.05) is 45.3 Å². The predicted molar refractivity (Wildman–Crippen MR) is 179 cm³/mol. The zero-order valence-corrected chi connectivity index (χ0v) is 28.0. The second-order valence-electron chi connectivity index (χ2n) is 12.9. The average Bonchev–Trinajstić information content (AvgIpc) is 3.46. The molecule has 1 fully saturated rings. The van der Waals surface area contributed by atoms with Crippen molar-refractivity contribution in [2.45, 2.75) is 45.7 Å². The highest BCUT2D eigenvalue weighted by molar-refractivity contribution is 6.04. The van der Waals surface area contributed by atoms with E-state index in [-0.39, 0.29) is 34.0 Å². The second kappa shape index (κ2) is 15.0. The number of aliphatic hydroxyl groups excluding tert-OH is 1. The lowest BCUT2D eigenvalue weighted by atomic mass is 10.0. The molecule has 0 unspecified atom stereocenters. The molecule has 0 saturated carbocycles. The van der Waals surface area contributed by atoms with E-state index in [2.05, 4.69) is 39.7 Å². The van der Waals surface area contributed by atoms with Gasteiger partial charge in [-0.15, -0.1) is 0 Å². The molecule has 4 N–H and O–H groups in total. The molecular weight excluding hydrogens is 622 g/mol. The molecule has 0 atom stereocenters. The fourth-order valence-electron chi connectivity index (χ4n) is 5.28. The maximum Gasteiger partial charge on any atom is 0.274 e. The summed E-state index contributed by atoms with van der Waals surface area (Å²) in [6.45, 7) is 12.7. The topological polar surface area (TPSA) is 137 Å². The molecular formula is C35H42F2N6O5. The van der Waals surface area contributed by atoms with Gasteiger partial charge in [0.2, 0.25) is 0 Å². The van der Waals surface area contributed by atoms with Crippen LogP contribution in [-0.2, 0) is 4.74 Å². The number of aromatic nitrogens is 2. The zero-order chi connectivity index (χ0) is 35.2. The lowest BCUT2D eigenvalue weighted by molar-refractivity contribution is -0.0498. The highest BCUT2D eigenvalue weighted by Crippen LogP contribution is 2.25. The van der Waals surface area contributed by atoms with Crippen molar-refractivity contribution in [3.8, 4) is 11.1 Å². The molecule has 1 aliphatic rings. The molecule has 2 aromatic heterocycles. The van der Waals surface area contributed by atoms with Gasteiger partial charge >= 0.3 is 0 Å². The number of rotatable bonds is 8. The quantitative estimate of drug-likeness (QED) is 0.218. The van der Waals surface area contributed by atoms with Gasteiger partial charge in [0.25, 0.3) is 17.7 Å². The molecule has 0 radical (unpaired) electrons. The Labute approximate surface area is 278 Å². The van der Waals surface area contributed by atoms with Crippen molar-refractivity contribution in [3.63, 3.8) is 0 Å². The lowest BCUT2D eigenvalue weighted by Gasteiger charge is -2.42. The molecule has 13 heteroatoms. The van der Waals surface area contributed by atoms with E-state index in [4.69, 9.17) is 9.84 Å². The summed E-state index contributed by atoms with van der Waals surface area (Å²) in [5.41, 5.74) is 1.01. The monoisotopic (exact) mass is 664 g/mol. The normalized spacial score (nSPS) is 14.5. The predicted octanol–water partition coefficient (Wildman–Crippen LogP) is 4.51. The van der Waals surface area contributed by atoms with Crippen LogP contribution in [0.3, 0.4) is 0 Å². The molecule has 2 aromatic carbocycles. The van der Waals surface area contributed by atoms with Gasteiger partial charge in [0.05, 0.1) is 30.7 Å². The van der Waals surface area contributed by atoms with Crippen molar-refractivity contribution < 1.29 is 33.0 Å². The van der Waals surface area contributed by atoms with E-state index in [1.165, 1.54) is 34.9 Å². The van der Waals surface area contributed by atoms with Crippen LogP contribution in [0.5, 0.6) is 0 Å². The molecule has 0 spiro atoms. The lowest BCUT2D eigenvalue weighted by Crippen LogP contribution is -2.54. The molecule has 5 rings (SSSR count). The molecule has 3 amide bonds. The van der Waals surface area contributed by atoms with Gasteiger partial charge in [-0.1, -0.05) is 6.07 Å². The number of amides is 3. The minimum atomic E-state index is -0.697. The van der Waals surface area contributed by atoms with E-state index in [9.17, 15) is 23.2 Å². The van der Waals surface area contributed by atoms with Crippen molar-refractivity contribution in [3.05, 3.63) is 89.4 Å². The fraction of sp³-hybridized carbons (Fsp3) is 0.371. The fourth-order valence-corrected chi connectivity index (χ4v) is 5.28. The number of anilines is 1. The summed E-state index contributed by atoms with van der Waals surface area (Å²) in [6, 6.07) is 11.5.